The lowest BCUT2D eigenvalue weighted by atomic mass is 9.95. The van der Waals surface area contributed by atoms with E-state index in [1.165, 1.54) is 32.4 Å². The number of carbonyl (C=O) groups excluding carboxylic acids is 1. The third-order valence-corrected chi connectivity index (χ3v) is 5.45. The minimum Gasteiger partial charge on any atom is -0.504 e. The predicted octanol–water partition coefficient (Wildman–Crippen LogP) is 3.48. The van der Waals surface area contributed by atoms with E-state index in [2.05, 4.69) is 10.2 Å². The molecule has 1 unspecified atom stereocenters. The van der Waals surface area contributed by atoms with Gasteiger partial charge in [0.25, 0.3) is 5.91 Å². The number of aromatic hydroxyl groups is 1. The summed E-state index contributed by atoms with van der Waals surface area (Å²) in [6.45, 7) is 2.35. The zero-order chi connectivity index (χ0) is 22.8. The summed E-state index contributed by atoms with van der Waals surface area (Å²) < 4.78 is 29.7. The molecule has 4 rings (SSSR count). The number of aromatic amines is 1. The Labute approximate surface area is 184 Å². The lowest BCUT2D eigenvalue weighted by molar-refractivity contribution is -0.113. The van der Waals surface area contributed by atoms with Crippen LogP contribution in [0, 0.1) is 5.82 Å². The number of amides is 1. The number of H-pyrrole nitrogens is 1. The van der Waals surface area contributed by atoms with Gasteiger partial charge in [-0.1, -0.05) is 6.07 Å². The second-order valence-corrected chi connectivity index (χ2v) is 7.29. The van der Waals surface area contributed by atoms with Crippen LogP contribution in [0.1, 0.15) is 34.6 Å². The minimum absolute atomic E-state index is 0.00399. The third-order valence-electron chi connectivity index (χ3n) is 5.45. The van der Waals surface area contributed by atoms with Crippen LogP contribution in [-0.4, -0.2) is 59.8 Å². The number of halogens is 1. The number of ether oxygens (including phenoxy) is 3. The summed E-state index contributed by atoms with van der Waals surface area (Å²) in [5, 5.41) is 17.4. The van der Waals surface area contributed by atoms with Gasteiger partial charge >= 0.3 is 0 Å². The van der Waals surface area contributed by atoms with E-state index in [0.29, 0.717) is 40.4 Å². The number of hydrogen-bond donors (Lipinski definition) is 2. The van der Waals surface area contributed by atoms with E-state index in [0.717, 1.165) is 0 Å². The highest BCUT2D eigenvalue weighted by Gasteiger charge is 2.43. The van der Waals surface area contributed by atoms with Crippen molar-refractivity contribution in [2.24, 2.45) is 0 Å². The van der Waals surface area contributed by atoms with Crippen molar-refractivity contribution in [2.75, 3.05) is 27.4 Å². The van der Waals surface area contributed by atoms with Gasteiger partial charge in [0, 0.05) is 25.3 Å². The van der Waals surface area contributed by atoms with Crippen molar-refractivity contribution in [1.82, 2.24) is 15.1 Å². The Kier molecular flexibility index (Phi) is 6.11. The molecule has 0 saturated carbocycles. The van der Waals surface area contributed by atoms with Crippen molar-refractivity contribution in [3.63, 3.8) is 0 Å². The largest absolute Gasteiger partial charge is 0.504 e. The van der Waals surface area contributed by atoms with Gasteiger partial charge in [-0.15, -0.1) is 0 Å². The van der Waals surface area contributed by atoms with Crippen LogP contribution in [-0.2, 0) is 9.47 Å². The fourth-order valence-electron chi connectivity index (χ4n) is 3.94. The topological polar surface area (TPSA) is 96.9 Å². The van der Waals surface area contributed by atoms with Crippen molar-refractivity contribution >= 4 is 5.91 Å². The molecule has 168 valence electrons. The van der Waals surface area contributed by atoms with Gasteiger partial charge in [-0.2, -0.15) is 5.10 Å². The smallest absolute Gasteiger partial charge is 0.273 e. The summed E-state index contributed by atoms with van der Waals surface area (Å²) in [6.07, 6.45) is -0.642. The van der Waals surface area contributed by atoms with Crippen LogP contribution in [0.25, 0.3) is 11.3 Å². The van der Waals surface area contributed by atoms with Crippen molar-refractivity contribution in [1.29, 1.82) is 0 Å². The zero-order valence-corrected chi connectivity index (χ0v) is 18.0. The molecule has 2 N–H and O–H groups in total. The first kappa shape index (κ1) is 21.8. The fraction of sp³-hybridized carbons (Fsp3) is 0.304. The Morgan fingerprint density at radius 3 is 2.56 bits per heavy atom. The van der Waals surface area contributed by atoms with Crippen molar-refractivity contribution in [3.05, 3.63) is 65.1 Å². The lowest BCUT2D eigenvalue weighted by Crippen LogP contribution is -2.38. The highest BCUT2D eigenvalue weighted by Crippen LogP contribution is 2.44. The van der Waals surface area contributed by atoms with Crippen molar-refractivity contribution in [3.8, 4) is 22.8 Å². The monoisotopic (exact) mass is 441 g/mol. The summed E-state index contributed by atoms with van der Waals surface area (Å²) in [5.41, 5.74) is 2.92. The van der Waals surface area contributed by atoms with Gasteiger partial charge in [0.1, 0.15) is 11.5 Å². The molecule has 2 aromatic carbocycles. The van der Waals surface area contributed by atoms with Crippen molar-refractivity contribution in [2.45, 2.75) is 19.3 Å². The second kappa shape index (κ2) is 8.97. The first-order valence-electron chi connectivity index (χ1n) is 10.1. The number of aromatic nitrogens is 2. The molecule has 0 saturated heterocycles. The number of methoxy groups -OCH3 is 2. The quantitative estimate of drug-likeness (QED) is 0.520. The first-order chi connectivity index (χ1) is 15.5. The normalized spacial score (nSPS) is 15.5. The molecule has 0 aliphatic carbocycles. The summed E-state index contributed by atoms with van der Waals surface area (Å²) in [7, 11) is 3.00. The maximum atomic E-state index is 13.5. The first-order valence-corrected chi connectivity index (χ1v) is 10.1. The molecule has 0 radical (unpaired) electrons. The molecule has 0 fully saturated rings. The third kappa shape index (κ3) is 3.80. The fourth-order valence-corrected chi connectivity index (χ4v) is 3.94. The standard InChI is InChI=1S/C23H24FN3O5/c1-4-32-17-11-14(7-10-16(17)28)22-19-20(13-5-8-15(24)9-6-13)25-26-21(19)23(29)27(22)12-18(30-2)31-3/h5-11,18,22,28H,4,12H2,1-3H3,(H,25,26). The minimum atomic E-state index is -0.642. The predicted molar refractivity (Wildman–Crippen MR) is 114 cm³/mol. The maximum absolute atomic E-state index is 13.5. The van der Waals surface area contributed by atoms with Crippen LogP contribution in [0.5, 0.6) is 11.5 Å². The number of fused-ring (bicyclic) bond motifs is 1. The molecular formula is C23H24FN3O5. The second-order valence-electron chi connectivity index (χ2n) is 7.29. The number of phenols is 1. The number of carbonyl (C=O) groups is 1. The van der Waals surface area contributed by atoms with E-state index in [1.807, 2.05) is 6.92 Å². The molecular weight excluding hydrogens is 417 g/mol. The summed E-state index contributed by atoms with van der Waals surface area (Å²) >= 11 is 0. The Balaban J connectivity index is 1.86. The molecule has 0 bridgehead atoms. The molecule has 8 nitrogen and oxygen atoms in total. The highest BCUT2D eigenvalue weighted by atomic mass is 19.1. The van der Waals surface area contributed by atoms with Gasteiger partial charge in [0.05, 0.1) is 24.9 Å². The highest BCUT2D eigenvalue weighted by molar-refractivity contribution is 6.00. The zero-order valence-electron chi connectivity index (χ0n) is 18.0. The van der Waals surface area contributed by atoms with Gasteiger partial charge in [-0.3, -0.25) is 9.89 Å². The van der Waals surface area contributed by atoms with Crippen molar-refractivity contribution < 1.29 is 28.5 Å². The van der Waals surface area contributed by atoms with E-state index in [4.69, 9.17) is 14.2 Å². The van der Waals surface area contributed by atoms with Crippen LogP contribution < -0.4 is 4.74 Å². The average Bonchev–Trinajstić information content (AvgIpc) is 3.33. The molecule has 1 aromatic heterocycles. The van der Waals surface area contributed by atoms with Crippen LogP contribution in [0.3, 0.4) is 0 Å². The molecule has 1 atom stereocenters. The van der Waals surface area contributed by atoms with Gasteiger partial charge < -0.3 is 24.2 Å². The van der Waals surface area contributed by atoms with Gasteiger partial charge in [0.15, 0.2) is 17.8 Å². The SMILES string of the molecule is CCOc1cc(C2c3c(-c4ccc(F)cc4)n[nH]c3C(=O)N2CC(OC)OC)ccc1O. The molecule has 3 aromatic rings. The molecule has 0 spiro atoms. The molecule has 1 amide bonds. The Bertz CT molecular complexity index is 1110. The van der Waals surface area contributed by atoms with Gasteiger partial charge in [-0.05, 0) is 48.9 Å². The average molecular weight is 441 g/mol. The number of nitrogens with one attached hydrogen (secondary N) is 1. The van der Waals surface area contributed by atoms with Crippen LogP contribution >= 0.6 is 0 Å². The molecule has 1 aliphatic heterocycles. The summed E-state index contributed by atoms with van der Waals surface area (Å²) in [6, 6.07) is 10.3. The number of nitrogens with zero attached hydrogens (tertiary/aromatic N) is 2. The van der Waals surface area contributed by atoms with Crippen LogP contribution in [0.4, 0.5) is 4.39 Å². The van der Waals surface area contributed by atoms with E-state index >= 15 is 0 Å². The Morgan fingerprint density at radius 2 is 1.91 bits per heavy atom. The van der Waals surface area contributed by atoms with Gasteiger partial charge in [-0.25, -0.2) is 4.39 Å². The van der Waals surface area contributed by atoms with E-state index in [-0.39, 0.29) is 24.0 Å². The van der Waals surface area contributed by atoms with E-state index in [1.54, 1.807) is 29.2 Å². The lowest BCUT2D eigenvalue weighted by Gasteiger charge is -2.29. The summed E-state index contributed by atoms with van der Waals surface area (Å²) in [4.78, 5) is 14.9. The van der Waals surface area contributed by atoms with Crippen LogP contribution in [0.15, 0.2) is 42.5 Å². The maximum Gasteiger partial charge on any atom is 0.273 e. The molecule has 2 heterocycles. The number of rotatable bonds is 8. The molecule has 1 aliphatic rings. The molecule has 32 heavy (non-hydrogen) atoms. The number of hydrogen-bond acceptors (Lipinski definition) is 6. The summed E-state index contributed by atoms with van der Waals surface area (Å²) in [5.74, 6) is -0.314. The Morgan fingerprint density at radius 1 is 1.19 bits per heavy atom. The molecule has 9 heteroatoms. The Hall–Kier alpha value is -3.43. The van der Waals surface area contributed by atoms with E-state index in [9.17, 15) is 14.3 Å². The van der Waals surface area contributed by atoms with E-state index < -0.39 is 12.3 Å². The van der Waals surface area contributed by atoms with Crippen LogP contribution in [0.2, 0.25) is 0 Å². The number of benzene rings is 2. The number of phenolic OH excluding ortho intramolecular Hbond substituents is 1. The van der Waals surface area contributed by atoms with Gasteiger partial charge in [0.2, 0.25) is 0 Å².